The highest BCUT2D eigenvalue weighted by molar-refractivity contribution is 5.67. The first-order valence-electron chi connectivity index (χ1n) is 5.52. The molecule has 0 spiro atoms. The Labute approximate surface area is 125 Å². The van der Waals surface area contributed by atoms with Crippen LogP contribution in [0.15, 0.2) is 0 Å². The average molecular weight is 387 g/mol. The van der Waals surface area contributed by atoms with E-state index < -0.39 is 55.1 Å². The van der Waals surface area contributed by atoms with E-state index in [1.807, 2.05) is 0 Å². The number of carboxylic acid groups (broad SMARTS) is 1. The molecule has 0 fully saturated rings. The summed E-state index contributed by atoms with van der Waals surface area (Å²) in [4.78, 5) is 10.2. The van der Waals surface area contributed by atoms with Crippen LogP contribution in [-0.4, -0.2) is 47.4 Å². The molecule has 0 heterocycles. The van der Waals surface area contributed by atoms with Crippen molar-refractivity contribution < 1.29 is 62.9 Å². The summed E-state index contributed by atoms with van der Waals surface area (Å²) in [5.41, 5.74) is 4.72. The molecule has 0 bridgehead atoms. The van der Waals surface area contributed by atoms with E-state index in [1.54, 1.807) is 0 Å². The molecular weight excluding hydrogens is 379 g/mol. The molecule has 0 aliphatic rings. The van der Waals surface area contributed by atoms with Crippen LogP contribution in [0.2, 0.25) is 0 Å². The SMILES string of the molecule is NC(CC(=O)O)CC(F)(OC(F)(F)C(F)(F)C(F)(F)F)C(F)(F)F. The molecule has 0 aliphatic heterocycles. The molecule has 24 heavy (non-hydrogen) atoms. The molecule has 0 aromatic heterocycles. The van der Waals surface area contributed by atoms with Crippen LogP contribution < -0.4 is 5.73 Å². The maximum absolute atomic E-state index is 13.6. The van der Waals surface area contributed by atoms with Gasteiger partial charge in [-0.3, -0.25) is 9.53 Å². The van der Waals surface area contributed by atoms with Crippen molar-refractivity contribution in [1.29, 1.82) is 0 Å². The van der Waals surface area contributed by atoms with Crippen LogP contribution in [0.3, 0.4) is 0 Å². The van der Waals surface area contributed by atoms with Crippen molar-refractivity contribution in [2.24, 2.45) is 5.73 Å². The van der Waals surface area contributed by atoms with Gasteiger partial charge in [-0.15, -0.1) is 0 Å². The largest absolute Gasteiger partial charge is 0.481 e. The molecule has 2 unspecified atom stereocenters. The molecule has 0 saturated heterocycles. The highest BCUT2D eigenvalue weighted by Crippen LogP contribution is 2.51. The molecule has 0 aromatic carbocycles. The van der Waals surface area contributed by atoms with Gasteiger partial charge in [0.2, 0.25) is 0 Å². The van der Waals surface area contributed by atoms with Gasteiger partial charge in [0.1, 0.15) is 0 Å². The van der Waals surface area contributed by atoms with Crippen LogP contribution in [0, 0.1) is 0 Å². The van der Waals surface area contributed by atoms with Crippen LogP contribution in [0.25, 0.3) is 0 Å². The smallest absolute Gasteiger partial charge is 0.462 e. The van der Waals surface area contributed by atoms with Crippen molar-refractivity contribution in [3.05, 3.63) is 0 Å². The normalized spacial score (nSPS) is 18.2. The summed E-state index contributed by atoms with van der Waals surface area (Å²) < 4.78 is 139. The van der Waals surface area contributed by atoms with Crippen molar-refractivity contribution >= 4 is 5.97 Å². The van der Waals surface area contributed by atoms with E-state index in [0.29, 0.717) is 0 Å². The Hall–Kier alpha value is -1.38. The number of hydrogen-bond acceptors (Lipinski definition) is 3. The molecule has 4 nitrogen and oxygen atoms in total. The van der Waals surface area contributed by atoms with Gasteiger partial charge in [-0.05, 0) is 0 Å². The van der Waals surface area contributed by atoms with Gasteiger partial charge >= 0.3 is 36.2 Å². The van der Waals surface area contributed by atoms with Crippen molar-refractivity contribution in [2.45, 2.75) is 49.1 Å². The quantitative estimate of drug-likeness (QED) is 0.659. The highest BCUT2D eigenvalue weighted by atomic mass is 19.4. The van der Waals surface area contributed by atoms with Gasteiger partial charge in [0.25, 0.3) is 0 Å². The van der Waals surface area contributed by atoms with Gasteiger partial charge in [-0.25, -0.2) is 4.39 Å². The van der Waals surface area contributed by atoms with Gasteiger partial charge in [0.15, 0.2) is 0 Å². The summed E-state index contributed by atoms with van der Waals surface area (Å²) in [5.74, 6) is -14.8. The summed E-state index contributed by atoms with van der Waals surface area (Å²) in [6.45, 7) is 0. The van der Waals surface area contributed by atoms with E-state index in [4.69, 9.17) is 10.8 Å². The topological polar surface area (TPSA) is 72.6 Å². The number of nitrogens with two attached hydrogens (primary N) is 1. The van der Waals surface area contributed by atoms with Crippen molar-refractivity contribution in [1.82, 2.24) is 0 Å². The summed E-state index contributed by atoms with van der Waals surface area (Å²) in [6.07, 6.45) is -24.4. The lowest BCUT2D eigenvalue weighted by molar-refractivity contribution is -0.484. The molecule has 3 N–H and O–H groups in total. The lowest BCUT2D eigenvalue weighted by Gasteiger charge is -2.35. The predicted octanol–water partition coefficient (Wildman–Crippen LogP) is 3.21. The van der Waals surface area contributed by atoms with E-state index in [2.05, 4.69) is 4.74 Å². The van der Waals surface area contributed by atoms with Gasteiger partial charge in [-0.2, -0.15) is 43.9 Å². The zero-order chi connectivity index (χ0) is 19.8. The van der Waals surface area contributed by atoms with Gasteiger partial charge in [0.05, 0.1) is 6.42 Å². The second kappa shape index (κ2) is 6.50. The van der Waals surface area contributed by atoms with Crippen LogP contribution in [0.1, 0.15) is 12.8 Å². The lowest BCUT2D eigenvalue weighted by Crippen LogP contribution is -2.60. The fraction of sp³-hybridized carbons (Fsp3) is 0.889. The predicted molar refractivity (Wildman–Crippen MR) is 51.8 cm³/mol. The Bertz CT molecular complexity index is 461. The first kappa shape index (κ1) is 22.6. The summed E-state index contributed by atoms with van der Waals surface area (Å²) in [7, 11) is 0. The monoisotopic (exact) mass is 387 g/mol. The van der Waals surface area contributed by atoms with E-state index >= 15 is 0 Å². The third-order valence-corrected chi connectivity index (χ3v) is 2.40. The fourth-order valence-corrected chi connectivity index (χ4v) is 1.28. The zero-order valence-electron chi connectivity index (χ0n) is 11.0. The minimum atomic E-state index is -7.17. The Morgan fingerprint density at radius 1 is 0.917 bits per heavy atom. The molecule has 15 heteroatoms. The van der Waals surface area contributed by atoms with Crippen molar-refractivity contribution in [2.75, 3.05) is 0 Å². The van der Waals surface area contributed by atoms with Crippen LogP contribution in [0.4, 0.5) is 48.3 Å². The van der Waals surface area contributed by atoms with Crippen LogP contribution >= 0.6 is 0 Å². The third-order valence-electron chi connectivity index (χ3n) is 2.40. The maximum atomic E-state index is 13.6. The second-order valence-corrected chi connectivity index (χ2v) is 4.48. The summed E-state index contributed by atoms with van der Waals surface area (Å²) >= 11 is 0. The number of rotatable bonds is 7. The third kappa shape index (κ3) is 4.81. The molecular formula is C9H8F11NO3. The van der Waals surface area contributed by atoms with Crippen LogP contribution in [-0.2, 0) is 9.53 Å². The number of alkyl halides is 11. The molecule has 0 amide bonds. The summed E-state index contributed by atoms with van der Waals surface area (Å²) in [5, 5.41) is 8.21. The minimum Gasteiger partial charge on any atom is -0.481 e. The summed E-state index contributed by atoms with van der Waals surface area (Å²) in [6, 6.07) is -2.38. The Morgan fingerprint density at radius 3 is 1.62 bits per heavy atom. The van der Waals surface area contributed by atoms with Crippen molar-refractivity contribution in [3.8, 4) is 0 Å². The van der Waals surface area contributed by atoms with E-state index in [9.17, 15) is 53.1 Å². The zero-order valence-corrected chi connectivity index (χ0v) is 11.0. The number of halogens is 11. The Kier molecular flexibility index (Phi) is 6.12. The number of hydrogen-bond donors (Lipinski definition) is 2. The van der Waals surface area contributed by atoms with Gasteiger partial charge < -0.3 is 10.8 Å². The molecule has 0 radical (unpaired) electrons. The second-order valence-electron chi connectivity index (χ2n) is 4.48. The fourth-order valence-electron chi connectivity index (χ4n) is 1.28. The molecule has 2 atom stereocenters. The number of ether oxygens (including phenoxy) is 1. The van der Waals surface area contributed by atoms with Gasteiger partial charge in [-0.1, -0.05) is 0 Å². The molecule has 0 aliphatic carbocycles. The maximum Gasteiger partial charge on any atom is 0.462 e. The molecule has 0 saturated carbocycles. The molecule has 0 aromatic rings. The Morgan fingerprint density at radius 2 is 1.33 bits per heavy atom. The van der Waals surface area contributed by atoms with Crippen LogP contribution in [0.5, 0.6) is 0 Å². The first-order chi connectivity index (χ1) is 10.3. The van der Waals surface area contributed by atoms with Gasteiger partial charge in [0, 0.05) is 12.5 Å². The number of carboxylic acids is 1. The number of carbonyl (C=O) groups is 1. The number of aliphatic carboxylic acids is 1. The minimum absolute atomic E-state index is 1.44. The lowest BCUT2D eigenvalue weighted by atomic mass is 10.0. The average Bonchev–Trinajstić information content (AvgIpc) is 2.22. The molecule has 0 rings (SSSR count). The van der Waals surface area contributed by atoms with Crippen molar-refractivity contribution in [3.63, 3.8) is 0 Å². The standard InChI is InChI=1S/C9H8F11NO3/c10-5(7(13,14)15,2-3(21)1-4(22)23)24-9(19,20)6(11,12)8(16,17)18/h3H,1-2,21H2,(H,22,23). The van der Waals surface area contributed by atoms with E-state index in [1.165, 1.54) is 0 Å². The Balaban J connectivity index is 5.69. The highest BCUT2D eigenvalue weighted by Gasteiger charge is 2.78. The van der Waals surface area contributed by atoms with E-state index in [0.717, 1.165) is 0 Å². The molecule has 144 valence electrons. The van der Waals surface area contributed by atoms with E-state index in [-0.39, 0.29) is 0 Å². The first-order valence-corrected chi connectivity index (χ1v) is 5.52.